The fourth-order valence-electron chi connectivity index (χ4n) is 3.59. The predicted molar refractivity (Wildman–Crippen MR) is 102 cm³/mol. The van der Waals surface area contributed by atoms with Gasteiger partial charge in [-0.2, -0.15) is 0 Å². The lowest BCUT2D eigenvalue weighted by Crippen LogP contribution is -2.32. The quantitative estimate of drug-likeness (QED) is 0.383. The topological polar surface area (TPSA) is 52.6 Å². The van der Waals surface area contributed by atoms with Crippen molar-refractivity contribution in [1.29, 1.82) is 0 Å². The first-order chi connectivity index (χ1) is 12.3. The van der Waals surface area contributed by atoms with E-state index in [2.05, 4.69) is 25.7 Å². The highest BCUT2D eigenvalue weighted by Crippen LogP contribution is 2.35. The van der Waals surface area contributed by atoms with E-state index in [-0.39, 0.29) is 11.9 Å². The van der Waals surface area contributed by atoms with Crippen molar-refractivity contribution in [3.63, 3.8) is 0 Å². The molecule has 26 heavy (non-hydrogen) atoms. The van der Waals surface area contributed by atoms with Gasteiger partial charge in [-0.1, -0.05) is 35.5 Å². The molecular formula is C22H30O4. The number of ether oxygens (including phenoxy) is 2. The summed E-state index contributed by atoms with van der Waals surface area (Å²) in [6.07, 6.45) is 10.0. The van der Waals surface area contributed by atoms with Crippen molar-refractivity contribution >= 4 is 11.9 Å². The Morgan fingerprint density at radius 2 is 1.73 bits per heavy atom. The fourth-order valence-corrected chi connectivity index (χ4v) is 3.59. The van der Waals surface area contributed by atoms with Gasteiger partial charge in [0.25, 0.3) is 0 Å². The average molecular weight is 358 g/mol. The molecule has 1 aliphatic carbocycles. The zero-order valence-electron chi connectivity index (χ0n) is 16.3. The van der Waals surface area contributed by atoms with Crippen LogP contribution in [0, 0.1) is 5.92 Å². The second-order valence-electron chi connectivity index (χ2n) is 7.46. The zero-order chi connectivity index (χ0) is 19.3. The van der Waals surface area contributed by atoms with Gasteiger partial charge in [-0.3, -0.25) is 4.79 Å². The van der Waals surface area contributed by atoms with E-state index < -0.39 is 18.2 Å². The Labute approximate surface area is 156 Å². The van der Waals surface area contributed by atoms with E-state index in [1.165, 1.54) is 12.5 Å². The Morgan fingerprint density at radius 1 is 1.12 bits per heavy atom. The molecule has 2 aliphatic rings. The Bertz CT molecular complexity index is 666. The summed E-state index contributed by atoms with van der Waals surface area (Å²) in [5.41, 5.74) is 4.08. The van der Waals surface area contributed by atoms with Crippen LogP contribution in [0.3, 0.4) is 0 Å². The molecule has 1 aliphatic heterocycles. The summed E-state index contributed by atoms with van der Waals surface area (Å²) < 4.78 is 11.1. The van der Waals surface area contributed by atoms with Crippen LogP contribution < -0.4 is 0 Å². The monoisotopic (exact) mass is 358 g/mol. The Balaban J connectivity index is 2.38. The number of hydrogen-bond donors (Lipinski definition) is 0. The van der Waals surface area contributed by atoms with Gasteiger partial charge < -0.3 is 9.47 Å². The summed E-state index contributed by atoms with van der Waals surface area (Å²) in [5.74, 6) is -1.10. The lowest BCUT2D eigenvalue weighted by Gasteiger charge is -2.26. The van der Waals surface area contributed by atoms with Crippen molar-refractivity contribution in [1.82, 2.24) is 0 Å². The number of fused-ring (bicyclic) bond motifs is 1. The first-order valence-corrected chi connectivity index (χ1v) is 9.33. The zero-order valence-corrected chi connectivity index (χ0v) is 16.3. The molecule has 4 heteroatoms. The molecule has 0 saturated carbocycles. The average Bonchev–Trinajstić information content (AvgIpc) is 2.79. The van der Waals surface area contributed by atoms with E-state index in [1.54, 1.807) is 0 Å². The van der Waals surface area contributed by atoms with Gasteiger partial charge >= 0.3 is 11.9 Å². The minimum Gasteiger partial charge on any atom is -0.461 e. The van der Waals surface area contributed by atoms with Crippen LogP contribution in [0.1, 0.15) is 59.8 Å². The van der Waals surface area contributed by atoms with E-state index in [9.17, 15) is 9.59 Å². The lowest BCUT2D eigenvalue weighted by molar-refractivity contribution is -0.149. The van der Waals surface area contributed by atoms with Gasteiger partial charge in [0.05, 0.1) is 5.92 Å². The molecule has 0 aromatic heterocycles. The molecule has 1 fully saturated rings. The standard InChI is InChI=1S/C22H30O4/c1-14-8-6-10-15(2)12-19(25-18(5)23)21-17(4)22(24)26-20(21)13-16(3)11-7-9-14/h9-10,13,19-21H,4,6-8,11-12H2,1-3,5H3/b14-9+,15-10+,16-13+/t19-,20-,21+/m0/s1. The molecule has 0 radical (unpaired) electrons. The highest BCUT2D eigenvalue weighted by molar-refractivity contribution is 5.91. The fraction of sp³-hybridized carbons (Fsp3) is 0.545. The van der Waals surface area contributed by atoms with Crippen molar-refractivity contribution in [2.45, 2.75) is 72.0 Å². The summed E-state index contributed by atoms with van der Waals surface area (Å²) >= 11 is 0. The van der Waals surface area contributed by atoms with Crippen molar-refractivity contribution in [2.24, 2.45) is 5.92 Å². The van der Waals surface area contributed by atoms with Gasteiger partial charge in [-0.05, 0) is 52.5 Å². The molecule has 0 N–H and O–H groups in total. The van der Waals surface area contributed by atoms with Crippen molar-refractivity contribution < 1.29 is 19.1 Å². The molecular weight excluding hydrogens is 328 g/mol. The number of allylic oxidation sites excluding steroid dienone is 4. The number of carbonyl (C=O) groups excluding carboxylic acids is 2. The molecule has 0 aromatic carbocycles. The third kappa shape index (κ3) is 5.45. The number of rotatable bonds is 1. The van der Waals surface area contributed by atoms with Crippen LogP contribution in [0.5, 0.6) is 0 Å². The van der Waals surface area contributed by atoms with E-state index in [0.29, 0.717) is 12.0 Å². The first-order valence-electron chi connectivity index (χ1n) is 9.33. The lowest BCUT2D eigenvalue weighted by atomic mass is 9.86. The summed E-state index contributed by atoms with van der Waals surface area (Å²) in [6, 6.07) is 0. The van der Waals surface area contributed by atoms with Gasteiger partial charge in [0.15, 0.2) is 0 Å². The summed E-state index contributed by atoms with van der Waals surface area (Å²) in [4.78, 5) is 23.8. The second-order valence-corrected chi connectivity index (χ2v) is 7.46. The van der Waals surface area contributed by atoms with Crippen LogP contribution in [-0.4, -0.2) is 24.1 Å². The van der Waals surface area contributed by atoms with Crippen LogP contribution in [0.2, 0.25) is 0 Å². The molecule has 0 spiro atoms. The third-order valence-corrected chi connectivity index (χ3v) is 5.01. The normalized spacial score (nSPS) is 34.2. The SMILES string of the molecule is C=C1C(=O)O[C@H]2/C=C(\C)CC/C=C(\C)CC/C=C(\C)C[C@H](OC(C)=O)[C@@H]12. The van der Waals surface area contributed by atoms with Gasteiger partial charge in [0.1, 0.15) is 12.2 Å². The molecule has 0 unspecified atom stereocenters. The van der Waals surface area contributed by atoms with E-state index >= 15 is 0 Å². The van der Waals surface area contributed by atoms with E-state index in [1.807, 2.05) is 19.9 Å². The van der Waals surface area contributed by atoms with Crippen LogP contribution in [-0.2, 0) is 19.1 Å². The summed E-state index contributed by atoms with van der Waals surface area (Å²) in [7, 11) is 0. The van der Waals surface area contributed by atoms with E-state index in [0.717, 1.165) is 36.8 Å². The van der Waals surface area contributed by atoms with Crippen molar-refractivity contribution in [2.75, 3.05) is 0 Å². The first kappa shape index (κ1) is 20.2. The molecule has 2 rings (SSSR count). The maximum atomic E-state index is 12.1. The molecule has 1 heterocycles. The van der Waals surface area contributed by atoms with Crippen molar-refractivity contribution in [3.05, 3.63) is 47.1 Å². The molecule has 1 saturated heterocycles. The van der Waals surface area contributed by atoms with E-state index in [4.69, 9.17) is 9.47 Å². The van der Waals surface area contributed by atoms with Crippen LogP contribution in [0.4, 0.5) is 0 Å². The maximum Gasteiger partial charge on any atom is 0.334 e. The van der Waals surface area contributed by atoms with Gasteiger partial charge in [0.2, 0.25) is 0 Å². The maximum absolute atomic E-state index is 12.1. The van der Waals surface area contributed by atoms with Crippen LogP contribution >= 0.6 is 0 Å². The Morgan fingerprint density at radius 3 is 2.38 bits per heavy atom. The largest absolute Gasteiger partial charge is 0.461 e. The van der Waals surface area contributed by atoms with Crippen molar-refractivity contribution in [3.8, 4) is 0 Å². The van der Waals surface area contributed by atoms with Gasteiger partial charge in [0, 0.05) is 18.9 Å². The minimum absolute atomic E-state index is 0.343. The molecule has 0 aromatic rings. The minimum atomic E-state index is -0.448. The van der Waals surface area contributed by atoms with Crippen LogP contribution in [0.15, 0.2) is 47.1 Å². The Kier molecular flexibility index (Phi) is 7.01. The second kappa shape index (κ2) is 9.02. The highest BCUT2D eigenvalue weighted by atomic mass is 16.6. The summed E-state index contributed by atoms with van der Waals surface area (Å²) in [5, 5.41) is 0. The number of esters is 2. The van der Waals surface area contributed by atoms with Gasteiger partial charge in [-0.25, -0.2) is 4.79 Å². The molecule has 142 valence electrons. The predicted octanol–water partition coefficient (Wildman–Crippen LogP) is 4.82. The van der Waals surface area contributed by atoms with Crippen LogP contribution in [0.25, 0.3) is 0 Å². The molecule has 0 amide bonds. The highest BCUT2D eigenvalue weighted by Gasteiger charge is 2.43. The van der Waals surface area contributed by atoms with Gasteiger partial charge in [-0.15, -0.1) is 0 Å². The smallest absolute Gasteiger partial charge is 0.334 e. The molecule has 0 bridgehead atoms. The number of hydrogen-bond acceptors (Lipinski definition) is 4. The molecule has 3 atom stereocenters. The summed E-state index contributed by atoms with van der Waals surface area (Å²) in [6.45, 7) is 11.6. The molecule has 4 nitrogen and oxygen atoms in total. The Hall–Kier alpha value is -2.10. The third-order valence-electron chi connectivity index (χ3n) is 5.01. The number of carbonyl (C=O) groups is 2.